The molecule has 2 nitrogen and oxygen atoms in total. The first-order valence-electron chi connectivity index (χ1n) is 8.20. The Balaban J connectivity index is 1.80. The molecule has 0 aromatic carbocycles. The van der Waals surface area contributed by atoms with Crippen molar-refractivity contribution in [3.05, 3.63) is 0 Å². The first kappa shape index (κ1) is 14.3. The Morgan fingerprint density at radius 2 is 1.72 bits per heavy atom. The zero-order valence-corrected chi connectivity index (χ0v) is 12.4. The fraction of sp³-hybridized carbons (Fsp3) is 1.00. The molecule has 0 aliphatic heterocycles. The van der Waals surface area contributed by atoms with Crippen LogP contribution in [0.3, 0.4) is 0 Å². The van der Waals surface area contributed by atoms with Crippen molar-refractivity contribution in [2.24, 2.45) is 23.5 Å². The van der Waals surface area contributed by atoms with E-state index in [0.717, 1.165) is 17.8 Å². The van der Waals surface area contributed by atoms with Crippen molar-refractivity contribution in [1.29, 1.82) is 0 Å². The molecule has 3 atom stereocenters. The van der Waals surface area contributed by atoms with Gasteiger partial charge in [-0.25, -0.2) is 0 Å². The molecular formula is C16H32N2. The molecule has 2 heteroatoms. The van der Waals surface area contributed by atoms with Crippen LogP contribution in [-0.2, 0) is 0 Å². The van der Waals surface area contributed by atoms with Crippen LogP contribution in [0.2, 0.25) is 0 Å². The van der Waals surface area contributed by atoms with Crippen molar-refractivity contribution in [2.75, 3.05) is 19.6 Å². The van der Waals surface area contributed by atoms with Crippen molar-refractivity contribution in [2.45, 2.75) is 64.8 Å². The first-order valence-corrected chi connectivity index (χ1v) is 8.20. The Morgan fingerprint density at radius 3 is 2.33 bits per heavy atom. The van der Waals surface area contributed by atoms with E-state index >= 15 is 0 Å². The maximum atomic E-state index is 6.36. The van der Waals surface area contributed by atoms with Crippen molar-refractivity contribution in [3.8, 4) is 0 Å². The topological polar surface area (TPSA) is 29.3 Å². The smallest absolute Gasteiger partial charge is 0.00795 e. The zero-order valence-electron chi connectivity index (χ0n) is 12.4. The van der Waals surface area contributed by atoms with Crippen molar-refractivity contribution in [1.82, 2.24) is 4.90 Å². The van der Waals surface area contributed by atoms with Crippen LogP contribution in [0.1, 0.15) is 58.8 Å². The first-order chi connectivity index (χ1) is 8.72. The highest BCUT2D eigenvalue weighted by molar-refractivity contribution is 4.86. The van der Waals surface area contributed by atoms with Crippen LogP contribution < -0.4 is 5.73 Å². The van der Waals surface area contributed by atoms with Crippen LogP contribution in [0, 0.1) is 17.8 Å². The van der Waals surface area contributed by atoms with E-state index in [1.807, 2.05) is 0 Å². The lowest BCUT2D eigenvalue weighted by Gasteiger charge is -2.37. The molecule has 3 unspecified atom stereocenters. The molecule has 2 aliphatic rings. The highest BCUT2D eigenvalue weighted by atomic mass is 15.1. The molecule has 2 saturated carbocycles. The van der Waals surface area contributed by atoms with Gasteiger partial charge in [-0.2, -0.15) is 0 Å². The zero-order chi connectivity index (χ0) is 13.0. The van der Waals surface area contributed by atoms with Gasteiger partial charge in [-0.05, 0) is 56.4 Å². The maximum Gasteiger partial charge on any atom is 0.00795 e. The van der Waals surface area contributed by atoms with Gasteiger partial charge in [0.1, 0.15) is 0 Å². The summed E-state index contributed by atoms with van der Waals surface area (Å²) in [7, 11) is 0. The van der Waals surface area contributed by atoms with Crippen LogP contribution in [-0.4, -0.2) is 30.6 Å². The van der Waals surface area contributed by atoms with E-state index in [9.17, 15) is 0 Å². The molecule has 0 radical (unpaired) electrons. The summed E-state index contributed by atoms with van der Waals surface area (Å²) in [4.78, 5) is 2.66. The van der Waals surface area contributed by atoms with E-state index in [2.05, 4.69) is 18.7 Å². The molecule has 0 heterocycles. The lowest BCUT2D eigenvalue weighted by molar-refractivity contribution is 0.152. The second kappa shape index (κ2) is 6.91. The van der Waals surface area contributed by atoms with E-state index < -0.39 is 0 Å². The molecule has 0 bridgehead atoms. The van der Waals surface area contributed by atoms with Gasteiger partial charge in [-0.3, -0.25) is 0 Å². The molecule has 2 aliphatic carbocycles. The monoisotopic (exact) mass is 252 g/mol. The summed E-state index contributed by atoms with van der Waals surface area (Å²) in [6.07, 6.45) is 9.70. The average molecular weight is 252 g/mol. The molecule has 2 fully saturated rings. The predicted octanol–water partition coefficient (Wildman–Crippen LogP) is 3.26. The van der Waals surface area contributed by atoms with Crippen LogP contribution in [0.25, 0.3) is 0 Å². The second-order valence-corrected chi connectivity index (χ2v) is 6.69. The molecule has 0 amide bonds. The quantitative estimate of drug-likeness (QED) is 0.753. The molecule has 2 rings (SSSR count). The summed E-state index contributed by atoms with van der Waals surface area (Å²) in [6, 6.07) is 0.464. The fourth-order valence-electron chi connectivity index (χ4n) is 3.59. The number of rotatable bonds is 7. The van der Waals surface area contributed by atoms with Gasteiger partial charge in [0.2, 0.25) is 0 Å². The third-order valence-electron chi connectivity index (χ3n) is 5.00. The molecular weight excluding hydrogens is 220 g/mol. The number of hydrogen-bond donors (Lipinski definition) is 1. The highest BCUT2D eigenvalue weighted by Gasteiger charge is 2.30. The number of hydrogen-bond acceptors (Lipinski definition) is 2. The SMILES string of the molecule is CCCC1CCC(N)C(CN(CC)CC2CC2)C1. The fourth-order valence-corrected chi connectivity index (χ4v) is 3.59. The van der Waals surface area contributed by atoms with Crippen molar-refractivity contribution < 1.29 is 0 Å². The third kappa shape index (κ3) is 4.24. The minimum Gasteiger partial charge on any atom is -0.327 e. The molecule has 2 N–H and O–H groups in total. The molecule has 0 spiro atoms. The summed E-state index contributed by atoms with van der Waals surface area (Å²) in [5.41, 5.74) is 6.36. The van der Waals surface area contributed by atoms with Gasteiger partial charge in [0, 0.05) is 19.1 Å². The third-order valence-corrected chi connectivity index (χ3v) is 5.00. The van der Waals surface area contributed by atoms with Crippen LogP contribution in [0.5, 0.6) is 0 Å². The van der Waals surface area contributed by atoms with E-state index in [0.29, 0.717) is 6.04 Å². The maximum absolute atomic E-state index is 6.36. The van der Waals surface area contributed by atoms with Gasteiger partial charge in [-0.15, -0.1) is 0 Å². The van der Waals surface area contributed by atoms with Crippen LogP contribution >= 0.6 is 0 Å². The summed E-state index contributed by atoms with van der Waals surface area (Å²) < 4.78 is 0. The van der Waals surface area contributed by atoms with Crippen LogP contribution in [0.15, 0.2) is 0 Å². The van der Waals surface area contributed by atoms with Gasteiger partial charge in [-0.1, -0.05) is 26.7 Å². The van der Waals surface area contributed by atoms with Crippen LogP contribution in [0.4, 0.5) is 0 Å². The summed E-state index contributed by atoms with van der Waals surface area (Å²) in [6.45, 7) is 8.42. The van der Waals surface area contributed by atoms with Gasteiger partial charge >= 0.3 is 0 Å². The van der Waals surface area contributed by atoms with Gasteiger partial charge < -0.3 is 10.6 Å². The van der Waals surface area contributed by atoms with Gasteiger partial charge in [0.05, 0.1) is 0 Å². The van der Waals surface area contributed by atoms with E-state index in [4.69, 9.17) is 5.73 Å². The minimum atomic E-state index is 0.464. The normalized spacial score (nSPS) is 33.0. The van der Waals surface area contributed by atoms with Gasteiger partial charge in [0.15, 0.2) is 0 Å². The van der Waals surface area contributed by atoms with E-state index in [-0.39, 0.29) is 0 Å². The lowest BCUT2D eigenvalue weighted by atomic mass is 9.76. The molecule has 18 heavy (non-hydrogen) atoms. The molecule has 0 saturated heterocycles. The average Bonchev–Trinajstić information content (AvgIpc) is 3.16. The number of nitrogens with zero attached hydrogens (tertiary/aromatic N) is 1. The molecule has 0 aromatic rings. The predicted molar refractivity (Wildman–Crippen MR) is 78.6 cm³/mol. The largest absolute Gasteiger partial charge is 0.327 e. The van der Waals surface area contributed by atoms with E-state index in [1.165, 1.54) is 64.6 Å². The number of nitrogens with two attached hydrogens (primary N) is 1. The summed E-state index contributed by atoms with van der Waals surface area (Å²) >= 11 is 0. The Morgan fingerprint density at radius 1 is 1.00 bits per heavy atom. The Bertz CT molecular complexity index is 237. The Kier molecular flexibility index (Phi) is 5.50. The minimum absolute atomic E-state index is 0.464. The standard InChI is InChI=1S/C16H32N2/c1-3-5-13-8-9-16(17)15(10-13)12-18(4-2)11-14-6-7-14/h13-16H,3-12,17H2,1-2H3. The highest BCUT2D eigenvalue weighted by Crippen LogP contribution is 2.33. The molecule has 106 valence electrons. The Labute approximate surface area is 113 Å². The van der Waals surface area contributed by atoms with Crippen molar-refractivity contribution >= 4 is 0 Å². The second-order valence-electron chi connectivity index (χ2n) is 6.69. The Hall–Kier alpha value is -0.0800. The van der Waals surface area contributed by atoms with Gasteiger partial charge in [0.25, 0.3) is 0 Å². The van der Waals surface area contributed by atoms with E-state index in [1.54, 1.807) is 0 Å². The molecule has 0 aromatic heterocycles. The lowest BCUT2D eigenvalue weighted by Crippen LogP contribution is -2.43. The summed E-state index contributed by atoms with van der Waals surface area (Å²) in [5.74, 6) is 2.73. The summed E-state index contributed by atoms with van der Waals surface area (Å²) in [5, 5.41) is 0. The van der Waals surface area contributed by atoms with Crippen molar-refractivity contribution in [3.63, 3.8) is 0 Å².